The van der Waals surface area contributed by atoms with E-state index in [-0.39, 0.29) is 11.9 Å². The van der Waals surface area contributed by atoms with Crippen LogP contribution in [0.2, 0.25) is 0 Å². The Morgan fingerprint density at radius 1 is 1.05 bits per heavy atom. The molecule has 210 valence electrons. The maximum absolute atomic E-state index is 14.1. The largest absolute Gasteiger partial charge is 0.380 e. The highest BCUT2D eigenvalue weighted by Crippen LogP contribution is 2.53. The number of halogens is 1. The second-order valence-electron chi connectivity index (χ2n) is 11.7. The molecule has 4 aliphatic rings. The lowest BCUT2D eigenvalue weighted by Crippen LogP contribution is -2.55. The Balaban J connectivity index is 1.25. The van der Waals surface area contributed by atoms with Crippen molar-refractivity contribution in [3.05, 3.63) is 77.4 Å². The van der Waals surface area contributed by atoms with Crippen molar-refractivity contribution in [1.29, 1.82) is 0 Å². The van der Waals surface area contributed by atoms with Crippen molar-refractivity contribution >= 4 is 21.8 Å². The summed E-state index contributed by atoms with van der Waals surface area (Å²) in [6.07, 6.45) is 9.76. The number of methoxy groups -OCH3 is 1. The monoisotopic (exact) mass is 562 g/mol. The summed E-state index contributed by atoms with van der Waals surface area (Å²) in [5.74, 6) is 0.136. The number of benzene rings is 2. The third kappa shape index (κ3) is 4.30. The molecule has 7 rings (SSSR count). The molecule has 0 radical (unpaired) electrons. The highest BCUT2D eigenvalue weighted by Gasteiger charge is 2.54. The molecule has 7 nitrogen and oxygen atoms in total. The molecule has 2 aromatic carbocycles. The predicted octanol–water partition coefficient (Wildman–Crippen LogP) is 5.06. The molecule has 3 heterocycles. The number of fused-ring (bicyclic) bond motifs is 2. The van der Waals surface area contributed by atoms with Crippen LogP contribution in [0.15, 0.2) is 65.2 Å². The fraction of sp³-hybridized carbons (Fsp3) is 0.452. The third-order valence-electron chi connectivity index (χ3n) is 9.28. The van der Waals surface area contributed by atoms with Crippen LogP contribution in [-0.2, 0) is 21.2 Å². The number of hydrogen-bond donors (Lipinski definition) is 0. The van der Waals surface area contributed by atoms with E-state index in [0.717, 1.165) is 61.4 Å². The minimum Gasteiger partial charge on any atom is -0.380 e. The molecule has 40 heavy (non-hydrogen) atoms. The van der Waals surface area contributed by atoms with Crippen molar-refractivity contribution < 1.29 is 17.5 Å². The molecule has 9 heteroatoms. The van der Waals surface area contributed by atoms with Crippen LogP contribution in [0.4, 0.5) is 10.1 Å². The Bertz CT molecular complexity index is 1560. The van der Waals surface area contributed by atoms with Crippen LogP contribution < -0.4 is 4.90 Å². The van der Waals surface area contributed by atoms with Gasteiger partial charge in [-0.1, -0.05) is 11.6 Å². The van der Waals surface area contributed by atoms with Crippen molar-refractivity contribution in [3.8, 4) is 5.69 Å². The number of ether oxygens (including phenoxy) is 1. The van der Waals surface area contributed by atoms with E-state index in [4.69, 9.17) is 4.74 Å². The number of hydrogen-bond acceptors (Lipinski definition) is 5. The Morgan fingerprint density at radius 3 is 2.55 bits per heavy atom. The molecule has 2 aliphatic carbocycles. The van der Waals surface area contributed by atoms with Crippen LogP contribution in [0.25, 0.3) is 11.8 Å². The van der Waals surface area contributed by atoms with E-state index in [9.17, 15) is 12.8 Å². The first kappa shape index (κ1) is 25.9. The van der Waals surface area contributed by atoms with Gasteiger partial charge in [0.15, 0.2) is 0 Å². The molecule has 0 bridgehead atoms. The highest BCUT2D eigenvalue weighted by molar-refractivity contribution is 7.89. The number of rotatable bonds is 7. The number of aromatic nitrogens is 2. The number of sulfonamides is 1. The summed E-state index contributed by atoms with van der Waals surface area (Å²) in [7, 11) is -1.94. The Kier molecular flexibility index (Phi) is 6.36. The summed E-state index contributed by atoms with van der Waals surface area (Å²) in [5.41, 5.74) is 4.59. The maximum atomic E-state index is 14.1. The SMILES string of the molecule is COC(C1CC1)[C@]12Cc3cnn(-c4ccc(F)cc4)c3C=C1CCN(S(=O)(=O)c1cccc(N3CCCC3)c1)C2. The van der Waals surface area contributed by atoms with Gasteiger partial charge in [0.25, 0.3) is 0 Å². The van der Waals surface area contributed by atoms with Gasteiger partial charge in [-0.3, -0.25) is 0 Å². The fourth-order valence-electron chi connectivity index (χ4n) is 7.16. The van der Waals surface area contributed by atoms with Gasteiger partial charge in [0.2, 0.25) is 10.0 Å². The molecule has 3 aromatic rings. The van der Waals surface area contributed by atoms with Gasteiger partial charge in [0.1, 0.15) is 5.82 Å². The minimum absolute atomic E-state index is 0.0741. The van der Waals surface area contributed by atoms with E-state index in [1.807, 2.05) is 29.1 Å². The van der Waals surface area contributed by atoms with E-state index >= 15 is 0 Å². The smallest absolute Gasteiger partial charge is 0.243 e. The summed E-state index contributed by atoms with van der Waals surface area (Å²) in [6, 6.07) is 13.8. The fourth-order valence-corrected chi connectivity index (χ4v) is 8.71. The topological polar surface area (TPSA) is 67.7 Å². The number of anilines is 1. The number of nitrogens with zero attached hydrogens (tertiary/aromatic N) is 4. The molecule has 2 saturated heterocycles. The molecule has 2 aliphatic heterocycles. The molecule has 1 saturated carbocycles. The van der Waals surface area contributed by atoms with Crippen LogP contribution in [-0.4, -0.2) is 61.9 Å². The summed E-state index contributed by atoms with van der Waals surface area (Å²) in [6.45, 7) is 2.74. The number of piperidine rings is 1. The van der Waals surface area contributed by atoms with Gasteiger partial charge in [-0.15, -0.1) is 0 Å². The zero-order valence-corrected chi connectivity index (χ0v) is 23.6. The average molecular weight is 563 g/mol. The van der Waals surface area contributed by atoms with E-state index in [0.29, 0.717) is 36.7 Å². The quantitative estimate of drug-likeness (QED) is 0.403. The minimum atomic E-state index is -3.70. The molecular weight excluding hydrogens is 527 g/mol. The first-order valence-electron chi connectivity index (χ1n) is 14.3. The Labute approximate surface area is 235 Å². The summed E-state index contributed by atoms with van der Waals surface area (Å²) in [5, 5.41) is 4.67. The molecule has 0 amide bonds. The van der Waals surface area contributed by atoms with Crippen LogP contribution in [0, 0.1) is 17.2 Å². The van der Waals surface area contributed by atoms with E-state index < -0.39 is 15.4 Å². The van der Waals surface area contributed by atoms with Crippen molar-refractivity contribution in [2.45, 2.75) is 49.5 Å². The average Bonchev–Trinajstić information content (AvgIpc) is 3.47. The van der Waals surface area contributed by atoms with Crippen LogP contribution in [0.5, 0.6) is 0 Å². The summed E-state index contributed by atoms with van der Waals surface area (Å²) < 4.78 is 51.6. The molecular formula is C31H35FN4O3S. The van der Waals surface area contributed by atoms with Crippen molar-refractivity contribution in [2.24, 2.45) is 11.3 Å². The van der Waals surface area contributed by atoms with Gasteiger partial charge in [-0.2, -0.15) is 9.40 Å². The van der Waals surface area contributed by atoms with E-state index in [2.05, 4.69) is 16.1 Å². The summed E-state index contributed by atoms with van der Waals surface area (Å²) in [4.78, 5) is 2.63. The second kappa shape index (κ2) is 9.82. The zero-order chi connectivity index (χ0) is 27.5. The van der Waals surface area contributed by atoms with E-state index in [1.54, 1.807) is 29.6 Å². The Hall–Kier alpha value is -3.01. The van der Waals surface area contributed by atoms with Crippen LogP contribution >= 0.6 is 0 Å². The van der Waals surface area contributed by atoms with Crippen molar-refractivity contribution in [2.75, 3.05) is 38.2 Å². The zero-order valence-electron chi connectivity index (χ0n) is 22.8. The van der Waals surface area contributed by atoms with Gasteiger partial charge in [0.05, 0.1) is 28.6 Å². The van der Waals surface area contributed by atoms with Gasteiger partial charge < -0.3 is 9.64 Å². The summed E-state index contributed by atoms with van der Waals surface area (Å²) >= 11 is 0. The standard InChI is InChI=1S/C31H35FN4O3S/c1-39-30(22-7-8-22)31-19-23-20-33-36(26-11-9-25(32)10-12-26)29(23)17-24(31)13-16-35(21-31)40(37,38)28-6-4-5-27(18-28)34-14-2-3-15-34/h4-6,9-12,17-18,20,22,30H,2-3,7-8,13-16,19,21H2,1H3/t30?,31-/m0/s1. The maximum Gasteiger partial charge on any atom is 0.243 e. The lowest BCUT2D eigenvalue weighted by atomic mass is 9.64. The van der Waals surface area contributed by atoms with Gasteiger partial charge >= 0.3 is 0 Å². The second-order valence-corrected chi connectivity index (χ2v) is 13.7. The van der Waals surface area contributed by atoms with Crippen LogP contribution in [0.1, 0.15) is 43.4 Å². The molecule has 1 unspecified atom stereocenters. The normalized spacial score (nSPS) is 23.9. The first-order chi connectivity index (χ1) is 19.4. The highest BCUT2D eigenvalue weighted by atomic mass is 32.2. The third-order valence-corrected chi connectivity index (χ3v) is 11.1. The Morgan fingerprint density at radius 2 is 1.82 bits per heavy atom. The van der Waals surface area contributed by atoms with Gasteiger partial charge in [-0.25, -0.2) is 17.5 Å². The van der Waals surface area contributed by atoms with E-state index in [1.165, 1.54) is 17.7 Å². The van der Waals surface area contributed by atoms with Crippen molar-refractivity contribution in [1.82, 2.24) is 14.1 Å². The van der Waals surface area contributed by atoms with Crippen LogP contribution in [0.3, 0.4) is 0 Å². The molecule has 3 fully saturated rings. The van der Waals surface area contributed by atoms with Gasteiger partial charge in [0, 0.05) is 44.4 Å². The van der Waals surface area contributed by atoms with Gasteiger partial charge in [-0.05, 0) is 98.5 Å². The predicted molar refractivity (Wildman–Crippen MR) is 152 cm³/mol. The molecule has 1 aromatic heterocycles. The first-order valence-corrected chi connectivity index (χ1v) is 15.7. The lowest BCUT2D eigenvalue weighted by Gasteiger charge is -2.50. The molecule has 2 atom stereocenters. The lowest BCUT2D eigenvalue weighted by molar-refractivity contribution is -0.0260. The molecule has 0 spiro atoms. The van der Waals surface area contributed by atoms with Crippen molar-refractivity contribution in [3.63, 3.8) is 0 Å². The molecule has 0 N–H and O–H groups in total.